The first kappa shape index (κ1) is 11.2. The zero-order valence-electron chi connectivity index (χ0n) is 9.01. The van der Waals surface area contributed by atoms with Gasteiger partial charge in [-0.15, -0.1) is 0 Å². The predicted molar refractivity (Wildman–Crippen MR) is 55.8 cm³/mol. The van der Waals surface area contributed by atoms with E-state index in [9.17, 15) is 4.79 Å². The predicted octanol–water partition coefficient (Wildman–Crippen LogP) is 1.77. The molecule has 0 saturated carbocycles. The molecule has 0 fully saturated rings. The van der Waals surface area contributed by atoms with Gasteiger partial charge in [0.25, 0.3) is 0 Å². The van der Waals surface area contributed by atoms with E-state index < -0.39 is 5.54 Å². The van der Waals surface area contributed by atoms with Crippen molar-refractivity contribution in [1.29, 1.82) is 0 Å². The first-order chi connectivity index (χ1) is 6.58. The Morgan fingerprint density at radius 2 is 2.43 bits per heavy atom. The molecule has 1 atom stereocenters. The number of hydrogen-bond acceptors (Lipinski definition) is 3. The SMILES string of the molecule is CCCC(C)(N)C(=O)C1=COCCC1. The molecule has 80 valence electrons. The quantitative estimate of drug-likeness (QED) is 0.747. The van der Waals surface area contributed by atoms with Crippen LogP contribution in [0.15, 0.2) is 11.8 Å². The highest BCUT2D eigenvalue weighted by Crippen LogP contribution is 2.20. The molecule has 0 aromatic heterocycles. The Morgan fingerprint density at radius 3 is 2.93 bits per heavy atom. The number of carbonyl (C=O) groups is 1. The number of carbonyl (C=O) groups excluding carboxylic acids is 1. The summed E-state index contributed by atoms with van der Waals surface area (Å²) in [7, 11) is 0. The second kappa shape index (κ2) is 4.60. The minimum atomic E-state index is -0.721. The molecule has 0 aliphatic carbocycles. The highest BCUT2D eigenvalue weighted by Gasteiger charge is 2.30. The van der Waals surface area contributed by atoms with Gasteiger partial charge in [-0.25, -0.2) is 0 Å². The minimum absolute atomic E-state index is 0.0408. The summed E-state index contributed by atoms with van der Waals surface area (Å²) in [5, 5.41) is 0. The standard InChI is InChI=1S/C11H19NO2/c1-3-6-11(2,12)10(13)9-5-4-7-14-8-9/h8H,3-7,12H2,1-2H3. The second-order valence-corrected chi connectivity index (χ2v) is 4.11. The highest BCUT2D eigenvalue weighted by atomic mass is 16.5. The zero-order valence-corrected chi connectivity index (χ0v) is 9.01. The van der Waals surface area contributed by atoms with Crippen molar-refractivity contribution in [3.63, 3.8) is 0 Å². The molecule has 3 heteroatoms. The molecule has 1 aliphatic rings. The number of nitrogens with two attached hydrogens (primary N) is 1. The number of Topliss-reactive ketones (excluding diaryl/α,β-unsaturated/α-hetero) is 1. The Labute approximate surface area is 85.3 Å². The van der Waals surface area contributed by atoms with Gasteiger partial charge in [-0.2, -0.15) is 0 Å². The molecule has 0 radical (unpaired) electrons. The number of hydrogen-bond donors (Lipinski definition) is 1. The topological polar surface area (TPSA) is 52.3 Å². The summed E-state index contributed by atoms with van der Waals surface area (Å²) >= 11 is 0. The molecule has 1 heterocycles. The van der Waals surface area contributed by atoms with E-state index in [4.69, 9.17) is 10.5 Å². The van der Waals surface area contributed by atoms with E-state index in [1.165, 1.54) is 0 Å². The van der Waals surface area contributed by atoms with Crippen molar-refractivity contribution in [1.82, 2.24) is 0 Å². The summed E-state index contributed by atoms with van der Waals surface area (Å²) in [5.74, 6) is 0.0408. The van der Waals surface area contributed by atoms with E-state index in [2.05, 4.69) is 0 Å². The summed E-state index contributed by atoms with van der Waals surface area (Å²) in [6, 6.07) is 0. The lowest BCUT2D eigenvalue weighted by Gasteiger charge is -2.25. The molecule has 1 aliphatic heterocycles. The van der Waals surface area contributed by atoms with Crippen molar-refractivity contribution < 1.29 is 9.53 Å². The van der Waals surface area contributed by atoms with E-state index in [0.717, 1.165) is 31.3 Å². The van der Waals surface area contributed by atoms with Crippen LogP contribution in [0.1, 0.15) is 39.5 Å². The largest absolute Gasteiger partial charge is 0.501 e. The van der Waals surface area contributed by atoms with Gasteiger partial charge in [0.05, 0.1) is 18.4 Å². The highest BCUT2D eigenvalue weighted by molar-refractivity contribution is 6.02. The third kappa shape index (κ3) is 2.58. The zero-order chi connectivity index (χ0) is 10.6. The Bertz CT molecular complexity index is 244. The minimum Gasteiger partial charge on any atom is -0.501 e. The average Bonchev–Trinajstić information content (AvgIpc) is 2.18. The Balaban J connectivity index is 2.67. The molecule has 0 aromatic rings. The van der Waals surface area contributed by atoms with Crippen LogP contribution in [0.25, 0.3) is 0 Å². The molecule has 14 heavy (non-hydrogen) atoms. The van der Waals surface area contributed by atoms with Crippen LogP contribution in [-0.4, -0.2) is 17.9 Å². The van der Waals surface area contributed by atoms with Crippen molar-refractivity contribution in [2.45, 2.75) is 45.1 Å². The molecule has 0 bridgehead atoms. The van der Waals surface area contributed by atoms with Crippen LogP contribution in [0.3, 0.4) is 0 Å². The monoisotopic (exact) mass is 197 g/mol. The number of rotatable bonds is 4. The van der Waals surface area contributed by atoms with Crippen molar-refractivity contribution >= 4 is 5.78 Å². The van der Waals surface area contributed by atoms with E-state index in [0.29, 0.717) is 6.61 Å². The van der Waals surface area contributed by atoms with Gasteiger partial charge in [-0.3, -0.25) is 4.79 Å². The molecular weight excluding hydrogens is 178 g/mol. The van der Waals surface area contributed by atoms with E-state index in [1.54, 1.807) is 13.2 Å². The van der Waals surface area contributed by atoms with Crippen LogP contribution in [0.5, 0.6) is 0 Å². The molecule has 0 amide bonds. The second-order valence-electron chi connectivity index (χ2n) is 4.11. The maximum absolute atomic E-state index is 11.9. The van der Waals surface area contributed by atoms with Gasteiger partial charge in [-0.05, 0) is 26.2 Å². The Hall–Kier alpha value is -0.830. The van der Waals surface area contributed by atoms with Crippen molar-refractivity contribution in [3.05, 3.63) is 11.8 Å². The van der Waals surface area contributed by atoms with Crippen LogP contribution < -0.4 is 5.73 Å². The molecule has 2 N–H and O–H groups in total. The smallest absolute Gasteiger partial charge is 0.181 e. The van der Waals surface area contributed by atoms with Crippen LogP contribution >= 0.6 is 0 Å². The molecule has 1 unspecified atom stereocenters. The molecule has 3 nitrogen and oxygen atoms in total. The number of ketones is 1. The number of ether oxygens (including phenoxy) is 1. The lowest BCUT2D eigenvalue weighted by Crippen LogP contribution is -2.45. The fraction of sp³-hybridized carbons (Fsp3) is 0.727. The third-order valence-corrected chi connectivity index (χ3v) is 2.51. The molecule has 0 saturated heterocycles. The van der Waals surface area contributed by atoms with Crippen LogP contribution in [0.4, 0.5) is 0 Å². The van der Waals surface area contributed by atoms with Crippen LogP contribution in [0, 0.1) is 0 Å². The van der Waals surface area contributed by atoms with Gasteiger partial charge in [-0.1, -0.05) is 13.3 Å². The molecular formula is C11H19NO2. The molecule has 0 spiro atoms. The van der Waals surface area contributed by atoms with E-state index >= 15 is 0 Å². The Morgan fingerprint density at radius 1 is 1.71 bits per heavy atom. The summed E-state index contributed by atoms with van der Waals surface area (Å²) in [5.41, 5.74) is 5.98. The molecule has 1 rings (SSSR count). The lowest BCUT2D eigenvalue weighted by molar-refractivity contribution is -0.120. The third-order valence-electron chi connectivity index (χ3n) is 2.51. The van der Waals surface area contributed by atoms with Crippen LogP contribution in [0.2, 0.25) is 0 Å². The van der Waals surface area contributed by atoms with Gasteiger partial charge in [0.2, 0.25) is 0 Å². The van der Waals surface area contributed by atoms with Crippen molar-refractivity contribution in [3.8, 4) is 0 Å². The van der Waals surface area contributed by atoms with Crippen LogP contribution in [-0.2, 0) is 9.53 Å². The maximum atomic E-state index is 11.9. The van der Waals surface area contributed by atoms with Gasteiger partial charge in [0, 0.05) is 5.57 Å². The van der Waals surface area contributed by atoms with Gasteiger partial charge in [0.1, 0.15) is 0 Å². The van der Waals surface area contributed by atoms with Crippen molar-refractivity contribution in [2.75, 3.05) is 6.61 Å². The molecule has 0 aromatic carbocycles. The fourth-order valence-electron chi connectivity index (χ4n) is 1.73. The summed E-state index contributed by atoms with van der Waals surface area (Å²) < 4.78 is 5.14. The first-order valence-corrected chi connectivity index (χ1v) is 5.22. The lowest BCUT2D eigenvalue weighted by atomic mass is 9.86. The maximum Gasteiger partial charge on any atom is 0.181 e. The summed E-state index contributed by atoms with van der Waals surface area (Å²) in [6.45, 7) is 4.55. The fourth-order valence-corrected chi connectivity index (χ4v) is 1.73. The van der Waals surface area contributed by atoms with Gasteiger partial charge >= 0.3 is 0 Å². The Kier molecular flexibility index (Phi) is 3.69. The van der Waals surface area contributed by atoms with Gasteiger partial charge < -0.3 is 10.5 Å². The summed E-state index contributed by atoms with van der Waals surface area (Å²) in [6.07, 6.45) is 4.94. The normalized spacial score (nSPS) is 20.6. The van der Waals surface area contributed by atoms with E-state index in [-0.39, 0.29) is 5.78 Å². The van der Waals surface area contributed by atoms with E-state index in [1.807, 2.05) is 6.92 Å². The van der Waals surface area contributed by atoms with Crippen molar-refractivity contribution in [2.24, 2.45) is 5.73 Å². The first-order valence-electron chi connectivity index (χ1n) is 5.22. The summed E-state index contributed by atoms with van der Waals surface area (Å²) in [4.78, 5) is 11.9. The van der Waals surface area contributed by atoms with Gasteiger partial charge in [0.15, 0.2) is 5.78 Å². The average molecular weight is 197 g/mol.